The minimum Gasteiger partial charge on any atom is -0.507 e. The summed E-state index contributed by atoms with van der Waals surface area (Å²) in [4.78, 5) is 2.14. The first-order valence-electron chi connectivity index (χ1n) is 42.6. The lowest BCUT2D eigenvalue weighted by atomic mass is 9.83. The van der Waals surface area contributed by atoms with Gasteiger partial charge >= 0.3 is 0 Å². The van der Waals surface area contributed by atoms with Gasteiger partial charge in [-0.2, -0.15) is 11.8 Å². The van der Waals surface area contributed by atoms with Crippen molar-refractivity contribution >= 4 is 30.3 Å². The van der Waals surface area contributed by atoms with Gasteiger partial charge in [0.25, 0.3) is 0 Å². The zero-order valence-electron chi connectivity index (χ0n) is 79.0. The molecule has 0 saturated carbocycles. The minimum absolute atomic E-state index is 0.00324. The molecular weight excluding hydrogens is 1530 g/mol. The van der Waals surface area contributed by atoms with E-state index in [0.29, 0.717) is 47.7 Å². The Morgan fingerprint density at radius 3 is 0.884 bits per heavy atom. The molecule has 0 aliphatic rings. The van der Waals surface area contributed by atoms with E-state index in [0.717, 1.165) is 116 Å². The average molecular weight is 1680 g/mol. The summed E-state index contributed by atoms with van der Waals surface area (Å²) in [6, 6.07) is 77.5. The van der Waals surface area contributed by atoms with Crippen LogP contribution in [0.4, 0.5) is 0 Å². The summed E-state index contributed by atoms with van der Waals surface area (Å²) in [5, 5.41) is 65.0. The molecule has 11 rings (SSSR count). The maximum atomic E-state index is 10.9. The van der Waals surface area contributed by atoms with Crippen molar-refractivity contribution in [3.05, 3.63) is 330 Å². The van der Waals surface area contributed by atoms with E-state index in [1.54, 1.807) is 26.0 Å². The molecule has 0 heterocycles. The van der Waals surface area contributed by atoms with Gasteiger partial charge < -0.3 is 45.0 Å². The summed E-state index contributed by atoms with van der Waals surface area (Å²) >= 11 is 1.74. The van der Waals surface area contributed by atoms with Crippen LogP contribution in [0.1, 0.15) is 230 Å². The summed E-state index contributed by atoms with van der Waals surface area (Å²) in [7, 11) is 6.98. The van der Waals surface area contributed by atoms with Gasteiger partial charge in [0.05, 0.1) is 13.2 Å². The molecule has 0 atom stereocenters. The second kappa shape index (κ2) is 46.9. The topological polar surface area (TPSA) is 143 Å². The fourth-order valence-electron chi connectivity index (χ4n) is 14.3. The summed E-state index contributed by atoms with van der Waals surface area (Å²) in [6.45, 7) is 52.8. The third kappa shape index (κ3) is 33.2. The van der Waals surface area contributed by atoms with Crippen LogP contribution in [0.5, 0.6) is 34.5 Å². The molecule has 0 aliphatic heterocycles. The maximum Gasteiger partial charge on any atom is 0.124 e. The minimum atomic E-state index is -0.445. The number of phenolic OH excluding ortho intramolecular Hbond substituents is 6. The van der Waals surface area contributed by atoms with Crippen molar-refractivity contribution in [2.75, 3.05) is 53.9 Å². The number of methoxy groups -OCH3 is 2. The van der Waals surface area contributed by atoms with Gasteiger partial charge in [-0.3, -0.25) is 0 Å². The van der Waals surface area contributed by atoms with E-state index in [-0.39, 0.29) is 32.5 Å². The first kappa shape index (κ1) is 102. The van der Waals surface area contributed by atoms with Crippen LogP contribution < -0.4 is 10.6 Å². The molecule has 9 nitrogen and oxygen atoms in total. The Bertz CT molecular complexity index is 4810. The van der Waals surface area contributed by atoms with Gasteiger partial charge in [-0.1, -0.05) is 382 Å². The lowest BCUT2D eigenvalue weighted by Gasteiger charge is -2.24. The van der Waals surface area contributed by atoms with E-state index >= 15 is 0 Å². The monoisotopic (exact) mass is 1670 g/mol. The molecular formula is C110H148NO8PS. The highest BCUT2D eigenvalue weighted by Gasteiger charge is 2.27. The number of likely N-dealkylation sites (N-methyl/N-ethyl adjacent to an activating group) is 1. The number of nitrogens with zero attached hydrogens (tertiary/aromatic N) is 1. The van der Waals surface area contributed by atoms with Gasteiger partial charge in [0.2, 0.25) is 0 Å². The normalized spacial score (nSPS) is 11.6. The number of hydrogen-bond acceptors (Lipinski definition) is 10. The Balaban J connectivity index is 0.000000255. The van der Waals surface area contributed by atoms with Gasteiger partial charge in [-0.05, 0) is 211 Å². The van der Waals surface area contributed by atoms with Crippen LogP contribution in [-0.4, -0.2) is 89.4 Å². The fraction of sp³-hybridized carbons (Fsp3) is 0.400. The van der Waals surface area contributed by atoms with Crippen LogP contribution in [0.2, 0.25) is 0 Å². The largest absolute Gasteiger partial charge is 0.507 e. The Labute approximate surface area is 736 Å². The highest BCUT2D eigenvalue weighted by Crippen LogP contribution is 2.43. The van der Waals surface area contributed by atoms with Gasteiger partial charge in [0.15, 0.2) is 0 Å². The van der Waals surface area contributed by atoms with Crippen molar-refractivity contribution in [3.8, 4) is 45.6 Å². The number of rotatable bonds is 18. The number of benzene rings is 11. The number of aromatic hydroxyl groups is 6. The van der Waals surface area contributed by atoms with E-state index in [2.05, 4.69) is 360 Å². The van der Waals surface area contributed by atoms with E-state index in [1.807, 2.05) is 55.5 Å². The molecule has 0 unspecified atom stereocenters. The number of hydrogen-bond donors (Lipinski definition) is 6. The molecule has 0 spiro atoms. The number of ether oxygens (including phenoxy) is 2. The molecule has 652 valence electrons. The third-order valence-corrected chi connectivity index (χ3v) is 23.8. The lowest BCUT2D eigenvalue weighted by Crippen LogP contribution is -2.17. The van der Waals surface area contributed by atoms with Crippen LogP contribution in [0.15, 0.2) is 224 Å². The van der Waals surface area contributed by atoms with Crippen molar-refractivity contribution in [1.29, 1.82) is 0 Å². The second-order valence-corrected chi connectivity index (χ2v) is 41.8. The summed E-state index contributed by atoms with van der Waals surface area (Å²) < 4.78 is 10.1. The quantitative estimate of drug-likeness (QED) is 0.0460. The molecule has 0 radical (unpaired) electrons. The molecule has 0 saturated heterocycles. The number of aryl methyl sites for hydroxylation is 7. The van der Waals surface area contributed by atoms with Crippen molar-refractivity contribution in [3.63, 3.8) is 0 Å². The summed E-state index contributed by atoms with van der Waals surface area (Å²) in [5.41, 5.74) is 23.0. The first-order chi connectivity index (χ1) is 56.5. The lowest BCUT2D eigenvalue weighted by molar-refractivity contribution is 0.181. The zero-order valence-corrected chi connectivity index (χ0v) is 80.7. The molecule has 11 aromatic carbocycles. The van der Waals surface area contributed by atoms with E-state index in [1.165, 1.54) is 55.1 Å². The molecule has 11 aromatic rings. The van der Waals surface area contributed by atoms with Crippen molar-refractivity contribution in [2.24, 2.45) is 0 Å². The Morgan fingerprint density at radius 1 is 0.314 bits per heavy atom. The maximum absolute atomic E-state index is 10.9. The van der Waals surface area contributed by atoms with Crippen LogP contribution >= 0.6 is 19.7 Å². The summed E-state index contributed by atoms with van der Waals surface area (Å²) in [5.74, 6) is 3.54. The van der Waals surface area contributed by atoms with E-state index < -0.39 is 7.92 Å². The van der Waals surface area contributed by atoms with Crippen molar-refractivity contribution < 1.29 is 40.1 Å². The van der Waals surface area contributed by atoms with Gasteiger partial charge in [-0.25, -0.2) is 0 Å². The van der Waals surface area contributed by atoms with Crippen LogP contribution in [0, 0.1) is 41.5 Å². The molecule has 6 N–H and O–H groups in total. The van der Waals surface area contributed by atoms with Crippen LogP contribution in [0.3, 0.4) is 0 Å². The number of phenols is 6. The van der Waals surface area contributed by atoms with Crippen molar-refractivity contribution in [2.45, 2.75) is 237 Å². The molecule has 0 aliphatic carbocycles. The van der Waals surface area contributed by atoms with Gasteiger partial charge in [0, 0.05) is 44.1 Å². The number of thioether (sulfide) groups is 1. The molecule has 0 bridgehead atoms. The van der Waals surface area contributed by atoms with E-state index in [4.69, 9.17) is 9.47 Å². The molecule has 0 amide bonds. The van der Waals surface area contributed by atoms with Gasteiger partial charge in [0.1, 0.15) is 34.5 Å². The third-order valence-electron chi connectivity index (χ3n) is 20.7. The second-order valence-electron chi connectivity index (χ2n) is 38.6. The molecule has 11 heteroatoms. The Hall–Kier alpha value is -9.12. The SMILES string of the molecule is COCCc1cc(C)cc(C(C)(C)C)c1O.COCc1cc(C)cc(C(C)(C)C)c1O.CSCc1cc(C)cc(C(C)(C)C)c1O.Cc1cc(CCN(C)C)c(O)c(C(C)(C)C)c1.Cc1cc(CCP(c2ccccc2)c2ccccc2)c(O)c(C(C)(C)C)c1.Cc1cc(Cc2ccccc2)c(O)c(C(C)(C)C)c1.c1ccc(-c2ccccc2)cc1. The molecule has 121 heavy (non-hydrogen) atoms. The van der Waals surface area contributed by atoms with Crippen molar-refractivity contribution in [1.82, 2.24) is 4.90 Å². The predicted octanol–water partition coefficient (Wildman–Crippen LogP) is 26.9. The fourth-order valence-corrected chi connectivity index (χ4v) is 17.2. The zero-order chi connectivity index (χ0) is 90.5. The molecule has 0 fully saturated rings. The predicted molar refractivity (Wildman–Crippen MR) is 524 cm³/mol. The smallest absolute Gasteiger partial charge is 0.124 e. The highest BCUT2D eigenvalue weighted by atomic mass is 32.2. The Kier molecular flexibility index (Phi) is 39.7. The average Bonchev–Trinajstić information content (AvgIpc) is 0.837. The summed E-state index contributed by atoms with van der Waals surface area (Å²) in [6.07, 6.45) is 6.39. The van der Waals surface area contributed by atoms with Gasteiger partial charge in [-0.15, -0.1) is 0 Å². The standard InChI is InChI=1S/C25H29OP.C18H22O.C15H25NO.C14H22O2.C13H20O2.C13H20OS.C12H10/c1-19-17-20(24(26)23(18-19)25(2,3)4)15-16-27(21-11-7-5-8-12-21)22-13-9-6-10-14-22;1-13-10-15(12-14-8-6-5-7-9-14)17(19)16(11-13)18(2,3)4;1-11-9-12(7-8-16(5)6)14(17)13(10-11)15(2,3)4;1-10-8-11(6-7-16-5)13(15)12(9-10)14(2,3)4;2*1-9-6-10(8-15-5)12(14)11(7-9)13(2,3)4;1-3-7-11(8-4-1)12-9-5-2-6-10-12/h5-14,17-18,26H,15-16H2,1-4H3;5-11,19H,12H2,1-4H3;9-10,17H,7-8H2,1-6H3;8-9,15H,6-7H2,1-5H3;2*6-7,14H,8H2,1-5H3;1-10H. The highest BCUT2D eigenvalue weighted by molar-refractivity contribution is 7.97. The van der Waals surface area contributed by atoms with E-state index in [9.17, 15) is 30.6 Å². The van der Waals surface area contributed by atoms with Crippen LogP contribution in [-0.2, 0) is 80.0 Å². The Morgan fingerprint density at radius 2 is 0.579 bits per heavy atom. The van der Waals surface area contributed by atoms with Crippen LogP contribution in [0.25, 0.3) is 11.1 Å². The molecule has 0 aromatic heterocycles. The first-order valence-corrected chi connectivity index (χ1v) is 45.5.